The van der Waals surface area contributed by atoms with Gasteiger partial charge in [0, 0.05) is 19.3 Å². The molecular weight excluding hydrogens is 265 g/mol. The lowest BCUT2D eigenvalue weighted by molar-refractivity contribution is 0.107. The molecular formula is C18H30FNO. The fourth-order valence-electron chi connectivity index (χ4n) is 2.26. The number of halogens is 1. The van der Waals surface area contributed by atoms with Gasteiger partial charge in [-0.1, -0.05) is 45.7 Å². The third-order valence-corrected chi connectivity index (χ3v) is 3.43. The summed E-state index contributed by atoms with van der Waals surface area (Å²) >= 11 is 0. The molecule has 1 aromatic rings. The van der Waals surface area contributed by atoms with Gasteiger partial charge in [0.2, 0.25) is 0 Å². The molecule has 0 aliphatic rings. The molecule has 1 rings (SSSR count). The predicted octanol–water partition coefficient (Wildman–Crippen LogP) is 4.71. The third-order valence-electron chi connectivity index (χ3n) is 3.43. The SMILES string of the molecule is CCCCC(NCCCOCC(C)C)c1ccc(F)cc1. The number of unbranched alkanes of at least 4 members (excludes halogenated alkanes) is 1. The van der Waals surface area contributed by atoms with Crippen LogP contribution in [0.1, 0.15) is 58.1 Å². The highest BCUT2D eigenvalue weighted by atomic mass is 19.1. The third kappa shape index (κ3) is 8.18. The molecule has 21 heavy (non-hydrogen) atoms. The average molecular weight is 295 g/mol. The molecule has 1 atom stereocenters. The molecule has 0 bridgehead atoms. The number of nitrogens with one attached hydrogen (secondary N) is 1. The summed E-state index contributed by atoms with van der Waals surface area (Å²) in [6.45, 7) is 9.08. The van der Waals surface area contributed by atoms with E-state index in [1.165, 1.54) is 18.4 Å². The van der Waals surface area contributed by atoms with Gasteiger partial charge in [-0.15, -0.1) is 0 Å². The summed E-state index contributed by atoms with van der Waals surface area (Å²) in [6.07, 6.45) is 4.46. The average Bonchev–Trinajstić information content (AvgIpc) is 2.46. The number of rotatable bonds is 11. The summed E-state index contributed by atoms with van der Waals surface area (Å²) < 4.78 is 18.6. The molecule has 0 fully saturated rings. The minimum absolute atomic E-state index is 0.171. The molecule has 0 heterocycles. The van der Waals surface area contributed by atoms with E-state index >= 15 is 0 Å². The maximum absolute atomic E-state index is 13.0. The maximum atomic E-state index is 13.0. The molecule has 0 aromatic heterocycles. The van der Waals surface area contributed by atoms with E-state index in [2.05, 4.69) is 26.1 Å². The summed E-state index contributed by atoms with van der Waals surface area (Å²) in [5, 5.41) is 3.58. The van der Waals surface area contributed by atoms with Gasteiger partial charge in [-0.3, -0.25) is 0 Å². The molecule has 0 amide bonds. The summed E-state index contributed by atoms with van der Waals surface area (Å²) in [5.74, 6) is 0.421. The highest BCUT2D eigenvalue weighted by Gasteiger charge is 2.10. The fraction of sp³-hybridized carbons (Fsp3) is 0.667. The van der Waals surface area contributed by atoms with Crippen molar-refractivity contribution < 1.29 is 9.13 Å². The second kappa shape index (κ2) is 10.7. The highest BCUT2D eigenvalue weighted by molar-refractivity contribution is 5.19. The van der Waals surface area contributed by atoms with Gasteiger partial charge in [-0.2, -0.15) is 0 Å². The van der Waals surface area contributed by atoms with Crippen molar-refractivity contribution in [1.82, 2.24) is 5.32 Å². The van der Waals surface area contributed by atoms with E-state index in [9.17, 15) is 4.39 Å². The van der Waals surface area contributed by atoms with Crippen molar-refractivity contribution in [3.8, 4) is 0 Å². The van der Waals surface area contributed by atoms with E-state index in [1.54, 1.807) is 12.1 Å². The Bertz CT molecular complexity index is 364. The lowest BCUT2D eigenvalue weighted by atomic mass is 10.0. The molecule has 0 saturated heterocycles. The predicted molar refractivity (Wildman–Crippen MR) is 86.9 cm³/mol. The van der Waals surface area contributed by atoms with E-state index in [-0.39, 0.29) is 5.82 Å². The zero-order valence-corrected chi connectivity index (χ0v) is 13.7. The Labute approximate surface area is 129 Å². The number of hydrogen-bond donors (Lipinski definition) is 1. The first-order chi connectivity index (χ1) is 10.1. The molecule has 3 heteroatoms. The standard InChI is InChI=1S/C18H30FNO/c1-4-5-7-18(16-8-10-17(19)11-9-16)20-12-6-13-21-14-15(2)3/h8-11,15,18,20H,4-7,12-14H2,1-3H3. The Balaban J connectivity index is 2.34. The Morgan fingerprint density at radius 3 is 2.48 bits per heavy atom. The minimum atomic E-state index is -0.171. The van der Waals surface area contributed by atoms with Gasteiger partial charge in [0.25, 0.3) is 0 Å². The van der Waals surface area contributed by atoms with E-state index in [0.717, 1.165) is 32.6 Å². The maximum Gasteiger partial charge on any atom is 0.123 e. The molecule has 0 spiro atoms. The van der Waals surface area contributed by atoms with Crippen molar-refractivity contribution >= 4 is 0 Å². The minimum Gasteiger partial charge on any atom is -0.381 e. The van der Waals surface area contributed by atoms with Crippen molar-refractivity contribution in [3.63, 3.8) is 0 Å². The Kier molecular flexibility index (Phi) is 9.27. The quantitative estimate of drug-likeness (QED) is 0.597. The van der Waals surface area contributed by atoms with Crippen LogP contribution in [0.25, 0.3) is 0 Å². The van der Waals surface area contributed by atoms with Gasteiger partial charge in [-0.25, -0.2) is 4.39 Å². The molecule has 120 valence electrons. The van der Waals surface area contributed by atoms with Crippen LogP contribution in [0.4, 0.5) is 4.39 Å². The van der Waals surface area contributed by atoms with Crippen LogP contribution in [0.15, 0.2) is 24.3 Å². The van der Waals surface area contributed by atoms with Crippen LogP contribution in [-0.4, -0.2) is 19.8 Å². The van der Waals surface area contributed by atoms with E-state index in [0.29, 0.717) is 12.0 Å². The second-order valence-electron chi connectivity index (χ2n) is 6.02. The van der Waals surface area contributed by atoms with Crippen LogP contribution in [0, 0.1) is 11.7 Å². The van der Waals surface area contributed by atoms with Crippen molar-refractivity contribution in [2.24, 2.45) is 5.92 Å². The van der Waals surface area contributed by atoms with Crippen LogP contribution in [0.5, 0.6) is 0 Å². The van der Waals surface area contributed by atoms with Gasteiger partial charge in [0.05, 0.1) is 0 Å². The summed E-state index contributed by atoms with van der Waals surface area (Å²) in [4.78, 5) is 0. The van der Waals surface area contributed by atoms with Crippen molar-refractivity contribution in [3.05, 3.63) is 35.6 Å². The topological polar surface area (TPSA) is 21.3 Å². The van der Waals surface area contributed by atoms with Gasteiger partial charge in [-0.05, 0) is 43.0 Å². The first kappa shape index (κ1) is 18.1. The summed E-state index contributed by atoms with van der Waals surface area (Å²) in [6, 6.07) is 7.18. The van der Waals surface area contributed by atoms with Gasteiger partial charge in [0.1, 0.15) is 5.82 Å². The largest absolute Gasteiger partial charge is 0.381 e. The number of hydrogen-bond acceptors (Lipinski definition) is 2. The van der Waals surface area contributed by atoms with Crippen molar-refractivity contribution in [1.29, 1.82) is 0 Å². The molecule has 0 saturated carbocycles. The van der Waals surface area contributed by atoms with E-state index < -0.39 is 0 Å². The summed E-state index contributed by atoms with van der Waals surface area (Å²) in [5.41, 5.74) is 1.17. The lowest BCUT2D eigenvalue weighted by Crippen LogP contribution is -2.23. The zero-order valence-electron chi connectivity index (χ0n) is 13.7. The molecule has 1 unspecified atom stereocenters. The van der Waals surface area contributed by atoms with Crippen LogP contribution in [-0.2, 0) is 4.74 Å². The van der Waals surface area contributed by atoms with Gasteiger partial charge in [0.15, 0.2) is 0 Å². The summed E-state index contributed by atoms with van der Waals surface area (Å²) in [7, 11) is 0. The van der Waals surface area contributed by atoms with Crippen molar-refractivity contribution in [2.45, 2.75) is 52.5 Å². The van der Waals surface area contributed by atoms with Crippen LogP contribution < -0.4 is 5.32 Å². The molecule has 1 N–H and O–H groups in total. The number of ether oxygens (including phenoxy) is 1. The molecule has 0 aliphatic carbocycles. The van der Waals surface area contributed by atoms with Crippen LogP contribution >= 0.6 is 0 Å². The van der Waals surface area contributed by atoms with Crippen LogP contribution in [0.3, 0.4) is 0 Å². The lowest BCUT2D eigenvalue weighted by Gasteiger charge is -2.19. The van der Waals surface area contributed by atoms with E-state index in [4.69, 9.17) is 4.74 Å². The van der Waals surface area contributed by atoms with Gasteiger partial charge >= 0.3 is 0 Å². The Morgan fingerprint density at radius 1 is 1.14 bits per heavy atom. The Hall–Kier alpha value is -0.930. The molecule has 2 nitrogen and oxygen atoms in total. The first-order valence-electron chi connectivity index (χ1n) is 8.20. The monoisotopic (exact) mass is 295 g/mol. The van der Waals surface area contributed by atoms with Crippen molar-refractivity contribution in [2.75, 3.05) is 19.8 Å². The van der Waals surface area contributed by atoms with Crippen LogP contribution in [0.2, 0.25) is 0 Å². The molecule has 0 radical (unpaired) electrons. The second-order valence-corrected chi connectivity index (χ2v) is 6.02. The zero-order chi connectivity index (χ0) is 15.5. The molecule has 1 aromatic carbocycles. The smallest absolute Gasteiger partial charge is 0.123 e. The normalized spacial score (nSPS) is 12.8. The van der Waals surface area contributed by atoms with E-state index in [1.807, 2.05) is 12.1 Å². The first-order valence-corrected chi connectivity index (χ1v) is 8.20. The number of benzene rings is 1. The Morgan fingerprint density at radius 2 is 1.86 bits per heavy atom. The van der Waals surface area contributed by atoms with Gasteiger partial charge < -0.3 is 10.1 Å². The molecule has 0 aliphatic heterocycles. The fourth-order valence-corrected chi connectivity index (χ4v) is 2.26. The highest BCUT2D eigenvalue weighted by Crippen LogP contribution is 2.19.